The molecule has 0 aliphatic heterocycles. The summed E-state index contributed by atoms with van der Waals surface area (Å²) in [5.74, 6) is -0.306. The normalized spacial score (nSPS) is 11.0. The van der Waals surface area contributed by atoms with Gasteiger partial charge in [-0.1, -0.05) is 0 Å². The molecule has 0 fully saturated rings. The van der Waals surface area contributed by atoms with Gasteiger partial charge in [-0.2, -0.15) is 0 Å². The van der Waals surface area contributed by atoms with Crippen molar-refractivity contribution in [3.05, 3.63) is 59.3 Å². The van der Waals surface area contributed by atoms with Crippen molar-refractivity contribution in [2.24, 2.45) is 0 Å². The summed E-state index contributed by atoms with van der Waals surface area (Å²) in [5, 5.41) is 0.809. The second-order valence-electron chi connectivity index (χ2n) is 5.20. The Kier molecular flexibility index (Phi) is 3.25. The van der Waals surface area contributed by atoms with Crippen LogP contribution >= 0.6 is 0 Å². The summed E-state index contributed by atoms with van der Waals surface area (Å²) in [6.07, 6.45) is 1.75. The van der Waals surface area contributed by atoms with Crippen LogP contribution in [-0.4, -0.2) is 27.8 Å². The van der Waals surface area contributed by atoms with Crippen LogP contribution in [0.15, 0.2) is 36.5 Å². The number of hydrogen-bond acceptors (Lipinski definition) is 1. The SMILES string of the molecule is Cc1[nH]ccc1C(=O)N(C)Cc1cc2cc(F)ccc2[nH]1. The number of H-pyrrole nitrogens is 2. The molecular weight excluding hydrogens is 269 g/mol. The third kappa shape index (κ3) is 2.54. The molecule has 0 atom stereocenters. The van der Waals surface area contributed by atoms with E-state index in [4.69, 9.17) is 0 Å². The van der Waals surface area contributed by atoms with Crippen LogP contribution in [0.1, 0.15) is 21.7 Å². The first-order chi connectivity index (χ1) is 10.0. The number of carbonyl (C=O) groups is 1. The number of halogens is 1. The first-order valence-corrected chi connectivity index (χ1v) is 6.71. The average Bonchev–Trinajstić information content (AvgIpc) is 3.03. The minimum atomic E-state index is -0.263. The highest BCUT2D eigenvalue weighted by molar-refractivity contribution is 5.95. The topological polar surface area (TPSA) is 51.9 Å². The zero-order chi connectivity index (χ0) is 15.0. The molecule has 0 spiro atoms. The molecule has 0 saturated carbocycles. The van der Waals surface area contributed by atoms with Gasteiger partial charge in [0.1, 0.15) is 5.82 Å². The summed E-state index contributed by atoms with van der Waals surface area (Å²) in [4.78, 5) is 20.2. The number of nitrogens with zero attached hydrogens (tertiary/aromatic N) is 1. The highest BCUT2D eigenvalue weighted by Crippen LogP contribution is 2.18. The van der Waals surface area contributed by atoms with Gasteiger partial charge in [-0.15, -0.1) is 0 Å². The first-order valence-electron chi connectivity index (χ1n) is 6.71. The Morgan fingerprint density at radius 1 is 1.29 bits per heavy atom. The molecule has 0 saturated heterocycles. The third-order valence-electron chi connectivity index (χ3n) is 3.58. The lowest BCUT2D eigenvalue weighted by Gasteiger charge is -2.16. The monoisotopic (exact) mass is 285 g/mol. The molecule has 2 N–H and O–H groups in total. The Morgan fingerprint density at radius 3 is 2.81 bits per heavy atom. The molecule has 0 unspecified atom stereocenters. The number of benzene rings is 1. The molecule has 0 aliphatic rings. The highest BCUT2D eigenvalue weighted by atomic mass is 19.1. The molecule has 2 heterocycles. The standard InChI is InChI=1S/C16H16FN3O/c1-10-14(5-6-18-10)16(21)20(2)9-13-8-11-7-12(17)3-4-15(11)19-13/h3-8,18-19H,9H2,1-2H3. The average molecular weight is 285 g/mol. The maximum Gasteiger partial charge on any atom is 0.255 e. The number of aromatic nitrogens is 2. The summed E-state index contributed by atoms with van der Waals surface area (Å²) in [7, 11) is 1.75. The summed E-state index contributed by atoms with van der Waals surface area (Å²) in [5.41, 5.74) is 3.26. The molecule has 0 bridgehead atoms. The van der Waals surface area contributed by atoms with E-state index in [9.17, 15) is 9.18 Å². The van der Waals surface area contributed by atoms with Crippen LogP contribution in [-0.2, 0) is 6.54 Å². The highest BCUT2D eigenvalue weighted by Gasteiger charge is 2.15. The number of nitrogens with one attached hydrogen (secondary N) is 2. The predicted octanol–water partition coefficient (Wildman–Crippen LogP) is 3.22. The molecule has 21 heavy (non-hydrogen) atoms. The van der Waals surface area contributed by atoms with Crippen molar-refractivity contribution < 1.29 is 9.18 Å². The van der Waals surface area contributed by atoms with E-state index in [1.807, 2.05) is 13.0 Å². The van der Waals surface area contributed by atoms with E-state index in [-0.39, 0.29) is 11.7 Å². The fourth-order valence-corrected chi connectivity index (χ4v) is 2.47. The molecule has 0 aliphatic carbocycles. The predicted molar refractivity (Wildman–Crippen MR) is 79.6 cm³/mol. The lowest BCUT2D eigenvalue weighted by molar-refractivity contribution is 0.0783. The number of carbonyl (C=O) groups excluding carboxylic acids is 1. The van der Waals surface area contributed by atoms with E-state index in [1.54, 1.807) is 30.3 Å². The lowest BCUT2D eigenvalue weighted by atomic mass is 10.2. The maximum absolute atomic E-state index is 13.2. The van der Waals surface area contributed by atoms with E-state index in [2.05, 4.69) is 9.97 Å². The van der Waals surface area contributed by atoms with Crippen molar-refractivity contribution in [3.63, 3.8) is 0 Å². The largest absolute Gasteiger partial charge is 0.365 e. The molecule has 2 aromatic heterocycles. The van der Waals surface area contributed by atoms with E-state index in [0.717, 1.165) is 22.3 Å². The second kappa shape index (κ2) is 5.09. The van der Waals surface area contributed by atoms with Crippen LogP contribution in [0.5, 0.6) is 0 Å². The zero-order valence-electron chi connectivity index (χ0n) is 11.9. The minimum absolute atomic E-state index is 0.0430. The first kappa shape index (κ1) is 13.4. The summed E-state index contributed by atoms with van der Waals surface area (Å²) in [6.45, 7) is 2.31. The van der Waals surface area contributed by atoms with Crippen LogP contribution in [0.4, 0.5) is 4.39 Å². The Morgan fingerprint density at radius 2 is 2.10 bits per heavy atom. The van der Waals surface area contributed by atoms with E-state index >= 15 is 0 Å². The van der Waals surface area contributed by atoms with Gasteiger partial charge in [0.25, 0.3) is 5.91 Å². The number of rotatable bonds is 3. The molecule has 0 radical (unpaired) electrons. The molecular formula is C16H16FN3O. The molecule has 108 valence electrons. The molecule has 1 aromatic carbocycles. The van der Waals surface area contributed by atoms with Gasteiger partial charge in [-0.3, -0.25) is 4.79 Å². The zero-order valence-corrected chi connectivity index (χ0v) is 11.9. The van der Waals surface area contributed by atoms with Crippen molar-refractivity contribution >= 4 is 16.8 Å². The van der Waals surface area contributed by atoms with E-state index in [0.29, 0.717) is 12.1 Å². The summed E-state index contributed by atoms with van der Waals surface area (Å²) in [6, 6.07) is 8.24. The van der Waals surface area contributed by atoms with Gasteiger partial charge >= 0.3 is 0 Å². The second-order valence-corrected chi connectivity index (χ2v) is 5.20. The van der Waals surface area contributed by atoms with Gasteiger partial charge in [0.05, 0.1) is 12.1 Å². The number of hydrogen-bond donors (Lipinski definition) is 2. The third-order valence-corrected chi connectivity index (χ3v) is 3.58. The fourth-order valence-electron chi connectivity index (χ4n) is 2.47. The van der Waals surface area contributed by atoms with E-state index < -0.39 is 0 Å². The Labute approximate surface area is 121 Å². The Hall–Kier alpha value is -2.56. The number of aryl methyl sites for hydroxylation is 1. The van der Waals surface area contributed by atoms with Crippen molar-refractivity contribution in [1.29, 1.82) is 0 Å². The van der Waals surface area contributed by atoms with Crippen LogP contribution in [0, 0.1) is 12.7 Å². The summed E-state index contributed by atoms with van der Waals surface area (Å²) >= 11 is 0. The molecule has 4 nitrogen and oxygen atoms in total. The Bertz CT molecular complexity index is 803. The van der Waals surface area contributed by atoms with Crippen molar-refractivity contribution in [3.8, 4) is 0 Å². The number of aromatic amines is 2. The van der Waals surface area contributed by atoms with Gasteiger partial charge in [-0.25, -0.2) is 4.39 Å². The fraction of sp³-hybridized carbons (Fsp3) is 0.188. The number of amides is 1. The van der Waals surface area contributed by atoms with E-state index in [1.165, 1.54) is 12.1 Å². The van der Waals surface area contributed by atoms with Gasteiger partial charge in [0.15, 0.2) is 0 Å². The van der Waals surface area contributed by atoms with Crippen LogP contribution in [0.25, 0.3) is 10.9 Å². The van der Waals surface area contributed by atoms with Gasteiger partial charge in [0.2, 0.25) is 0 Å². The maximum atomic E-state index is 13.2. The molecule has 3 rings (SSSR count). The van der Waals surface area contributed by atoms with Gasteiger partial charge < -0.3 is 14.9 Å². The quantitative estimate of drug-likeness (QED) is 0.762. The van der Waals surface area contributed by atoms with Gasteiger partial charge in [-0.05, 0) is 37.3 Å². The van der Waals surface area contributed by atoms with Crippen molar-refractivity contribution in [2.45, 2.75) is 13.5 Å². The molecule has 1 amide bonds. The molecule has 3 aromatic rings. The Balaban J connectivity index is 1.81. The lowest BCUT2D eigenvalue weighted by Crippen LogP contribution is -2.26. The van der Waals surface area contributed by atoms with Crippen LogP contribution in [0.3, 0.4) is 0 Å². The van der Waals surface area contributed by atoms with Crippen molar-refractivity contribution in [1.82, 2.24) is 14.9 Å². The van der Waals surface area contributed by atoms with Crippen molar-refractivity contribution in [2.75, 3.05) is 7.05 Å². The summed E-state index contributed by atoms with van der Waals surface area (Å²) < 4.78 is 13.2. The van der Waals surface area contributed by atoms with Gasteiger partial charge in [0, 0.05) is 35.5 Å². The smallest absolute Gasteiger partial charge is 0.255 e. The van der Waals surface area contributed by atoms with Crippen LogP contribution < -0.4 is 0 Å². The number of fused-ring (bicyclic) bond motifs is 1. The van der Waals surface area contributed by atoms with Crippen LogP contribution in [0.2, 0.25) is 0 Å². The molecule has 5 heteroatoms. The minimum Gasteiger partial charge on any atom is -0.365 e.